The highest BCUT2D eigenvalue weighted by Gasteiger charge is 2.50. The third kappa shape index (κ3) is 6.70. The second kappa shape index (κ2) is 10.4. The minimum absolute atomic E-state index is 0.0122. The average molecular weight is 370 g/mol. The summed E-state index contributed by atoms with van der Waals surface area (Å²) in [5, 5.41) is 26.6. The summed E-state index contributed by atoms with van der Waals surface area (Å²) in [6.07, 6.45) is 2.03. The molecule has 0 bridgehead atoms. The normalized spacial score (nSPS) is 21.5. The van der Waals surface area contributed by atoms with Crippen molar-refractivity contribution in [2.24, 2.45) is 11.3 Å². The molecule has 1 rings (SSSR count). The second-order valence-corrected chi connectivity index (χ2v) is 6.35. The van der Waals surface area contributed by atoms with Crippen molar-refractivity contribution in [1.82, 2.24) is 0 Å². The van der Waals surface area contributed by atoms with E-state index in [0.29, 0.717) is 25.7 Å². The molecule has 8 nitrogen and oxygen atoms in total. The topological polar surface area (TPSA) is 138 Å². The van der Waals surface area contributed by atoms with Crippen molar-refractivity contribution >= 4 is 23.9 Å². The predicted molar refractivity (Wildman–Crippen MR) is 92.5 cm³/mol. The first-order valence-electron chi connectivity index (χ1n) is 8.13. The molecule has 1 saturated carbocycles. The van der Waals surface area contributed by atoms with Crippen LogP contribution in [0.2, 0.25) is 0 Å². The molecule has 1 aliphatic carbocycles. The van der Waals surface area contributed by atoms with E-state index in [1.807, 2.05) is 0 Å². The molecule has 0 aromatic carbocycles. The molecule has 8 heteroatoms. The molecule has 3 N–H and O–H groups in total. The van der Waals surface area contributed by atoms with Gasteiger partial charge in [0.15, 0.2) is 0 Å². The van der Waals surface area contributed by atoms with Crippen LogP contribution in [0, 0.1) is 11.3 Å². The van der Waals surface area contributed by atoms with Gasteiger partial charge in [0.05, 0.1) is 17.9 Å². The molecule has 0 amide bonds. The molecule has 0 saturated heterocycles. The van der Waals surface area contributed by atoms with Crippen LogP contribution in [0.25, 0.3) is 0 Å². The van der Waals surface area contributed by atoms with Crippen LogP contribution < -0.4 is 0 Å². The van der Waals surface area contributed by atoms with Crippen LogP contribution in [0.5, 0.6) is 0 Å². The molecule has 1 aliphatic rings. The minimum atomic E-state index is -1.35. The fourth-order valence-corrected chi connectivity index (χ4v) is 2.71. The molecule has 0 aliphatic heterocycles. The van der Waals surface area contributed by atoms with E-state index in [-0.39, 0.29) is 24.2 Å². The van der Waals surface area contributed by atoms with E-state index in [2.05, 4.69) is 13.2 Å². The lowest BCUT2D eigenvalue weighted by Crippen LogP contribution is -2.45. The molecular weight excluding hydrogens is 344 g/mol. The quantitative estimate of drug-likeness (QED) is 0.459. The first-order valence-corrected chi connectivity index (χ1v) is 8.13. The Balaban J connectivity index is 0.000000896. The molecule has 146 valence electrons. The SMILES string of the molecule is C=C(C)C(=O)O.C=C(C)C(=O)OCCC1(C(=O)O)CCCCC1C(=O)O. The average Bonchev–Trinajstić information content (AvgIpc) is 2.54. The summed E-state index contributed by atoms with van der Waals surface area (Å²) in [6.45, 7) is 9.42. The molecule has 26 heavy (non-hydrogen) atoms. The first kappa shape index (κ1) is 23.4. The van der Waals surface area contributed by atoms with Gasteiger partial charge in [-0.2, -0.15) is 0 Å². The largest absolute Gasteiger partial charge is 0.481 e. The number of carboxylic acid groups (broad SMARTS) is 3. The van der Waals surface area contributed by atoms with Gasteiger partial charge in [-0.15, -0.1) is 0 Å². The summed E-state index contributed by atoms with van der Waals surface area (Å²) in [5.74, 6) is -4.69. The van der Waals surface area contributed by atoms with Crippen molar-refractivity contribution in [3.05, 3.63) is 24.3 Å². The summed E-state index contributed by atoms with van der Waals surface area (Å²) >= 11 is 0. The smallest absolute Gasteiger partial charge is 0.333 e. The maximum Gasteiger partial charge on any atom is 0.333 e. The Morgan fingerprint density at radius 1 is 1.04 bits per heavy atom. The maximum absolute atomic E-state index is 11.6. The van der Waals surface area contributed by atoms with Gasteiger partial charge < -0.3 is 20.1 Å². The van der Waals surface area contributed by atoms with E-state index in [9.17, 15) is 29.4 Å². The van der Waals surface area contributed by atoms with E-state index < -0.39 is 35.2 Å². The number of ether oxygens (including phenoxy) is 1. The monoisotopic (exact) mass is 370 g/mol. The molecule has 2 atom stereocenters. The van der Waals surface area contributed by atoms with E-state index >= 15 is 0 Å². The number of rotatable bonds is 7. The van der Waals surface area contributed by atoms with Crippen LogP contribution in [-0.4, -0.2) is 45.8 Å². The number of hydrogen-bond acceptors (Lipinski definition) is 5. The van der Waals surface area contributed by atoms with Gasteiger partial charge in [0.1, 0.15) is 0 Å². The van der Waals surface area contributed by atoms with Gasteiger partial charge in [-0.3, -0.25) is 9.59 Å². The highest BCUT2D eigenvalue weighted by atomic mass is 16.5. The van der Waals surface area contributed by atoms with Crippen LogP contribution in [0.3, 0.4) is 0 Å². The summed E-state index contributed by atoms with van der Waals surface area (Å²) in [4.78, 5) is 43.8. The van der Waals surface area contributed by atoms with E-state index in [0.717, 1.165) is 0 Å². The molecule has 0 aromatic rings. The van der Waals surface area contributed by atoms with Gasteiger partial charge in [-0.25, -0.2) is 9.59 Å². The second-order valence-electron chi connectivity index (χ2n) is 6.35. The summed E-state index contributed by atoms with van der Waals surface area (Å²) < 4.78 is 4.91. The van der Waals surface area contributed by atoms with Crippen molar-refractivity contribution < 1.29 is 39.2 Å². The molecule has 0 heterocycles. The van der Waals surface area contributed by atoms with Gasteiger partial charge in [-0.1, -0.05) is 26.0 Å². The zero-order valence-electron chi connectivity index (χ0n) is 15.1. The fourth-order valence-electron chi connectivity index (χ4n) is 2.71. The predicted octanol–water partition coefficient (Wildman–Crippen LogP) is 2.49. The van der Waals surface area contributed by atoms with Gasteiger partial charge in [0, 0.05) is 11.1 Å². The third-order valence-electron chi connectivity index (χ3n) is 4.25. The summed E-state index contributed by atoms with van der Waals surface area (Å²) in [7, 11) is 0. The standard InChI is InChI=1S/C14H20O6.C4H6O2/c1-9(2)12(17)20-8-7-14(13(18)19)6-4-3-5-10(14)11(15)16;1-3(2)4(5)6/h10H,1,3-8H2,2H3,(H,15,16)(H,18,19);1H2,2H3,(H,5,6). The first-order chi connectivity index (χ1) is 12.0. The Hall–Kier alpha value is -2.64. The number of hydrogen-bond donors (Lipinski definition) is 3. The van der Waals surface area contributed by atoms with Crippen LogP contribution in [0.1, 0.15) is 46.0 Å². The number of aliphatic carboxylic acids is 3. The molecule has 0 aromatic heterocycles. The molecular formula is C18H26O8. The van der Waals surface area contributed by atoms with Crippen molar-refractivity contribution in [2.75, 3.05) is 6.61 Å². The Labute approximate surface area is 152 Å². The number of esters is 1. The lowest BCUT2D eigenvalue weighted by molar-refractivity contribution is -0.168. The number of carbonyl (C=O) groups is 4. The van der Waals surface area contributed by atoms with Crippen LogP contribution in [0.4, 0.5) is 0 Å². The lowest BCUT2D eigenvalue weighted by atomic mass is 9.64. The van der Waals surface area contributed by atoms with E-state index in [1.165, 1.54) is 13.8 Å². The number of carbonyl (C=O) groups excluding carboxylic acids is 1. The zero-order valence-corrected chi connectivity index (χ0v) is 15.1. The highest BCUT2D eigenvalue weighted by molar-refractivity contribution is 5.87. The van der Waals surface area contributed by atoms with Crippen molar-refractivity contribution in [3.63, 3.8) is 0 Å². The lowest BCUT2D eigenvalue weighted by Gasteiger charge is -2.38. The molecule has 0 spiro atoms. The van der Waals surface area contributed by atoms with Gasteiger partial charge in [0.2, 0.25) is 0 Å². The third-order valence-corrected chi connectivity index (χ3v) is 4.25. The van der Waals surface area contributed by atoms with Crippen molar-refractivity contribution in [1.29, 1.82) is 0 Å². The Morgan fingerprint density at radius 2 is 1.58 bits per heavy atom. The van der Waals surface area contributed by atoms with Gasteiger partial charge >= 0.3 is 23.9 Å². The maximum atomic E-state index is 11.6. The Bertz CT molecular complexity index is 580. The van der Waals surface area contributed by atoms with Crippen molar-refractivity contribution in [2.45, 2.75) is 46.0 Å². The molecule has 1 fully saturated rings. The van der Waals surface area contributed by atoms with Crippen LogP contribution in [-0.2, 0) is 23.9 Å². The molecule has 2 unspecified atom stereocenters. The molecule has 0 radical (unpaired) electrons. The van der Waals surface area contributed by atoms with Crippen LogP contribution >= 0.6 is 0 Å². The van der Waals surface area contributed by atoms with Gasteiger partial charge in [-0.05, 0) is 33.1 Å². The van der Waals surface area contributed by atoms with Crippen molar-refractivity contribution in [3.8, 4) is 0 Å². The minimum Gasteiger partial charge on any atom is -0.481 e. The highest BCUT2D eigenvalue weighted by Crippen LogP contribution is 2.44. The van der Waals surface area contributed by atoms with E-state index in [4.69, 9.17) is 9.84 Å². The number of carboxylic acids is 3. The van der Waals surface area contributed by atoms with Gasteiger partial charge in [0.25, 0.3) is 0 Å². The fraction of sp³-hybridized carbons (Fsp3) is 0.556. The zero-order chi connectivity index (χ0) is 20.5. The Morgan fingerprint density at radius 3 is 1.96 bits per heavy atom. The van der Waals surface area contributed by atoms with Crippen LogP contribution in [0.15, 0.2) is 24.3 Å². The Kier molecular flexibility index (Phi) is 9.32. The summed E-state index contributed by atoms with van der Waals surface area (Å²) in [6, 6.07) is 0. The summed E-state index contributed by atoms with van der Waals surface area (Å²) in [5.41, 5.74) is -0.942. The van der Waals surface area contributed by atoms with E-state index in [1.54, 1.807) is 0 Å².